The van der Waals surface area contributed by atoms with E-state index in [9.17, 15) is 13.2 Å². The van der Waals surface area contributed by atoms with Crippen LogP contribution in [0, 0.1) is 13.8 Å². The third kappa shape index (κ3) is 3.64. The number of nitrogens with zero attached hydrogens (tertiary/aromatic N) is 1. The molecule has 6 nitrogen and oxygen atoms in total. The number of aryl methyl sites for hydroxylation is 2. The molecule has 0 aliphatic rings. The number of nitrogens with one attached hydrogen (secondary N) is 2. The Morgan fingerprint density at radius 1 is 1.08 bits per heavy atom. The molecule has 0 spiro atoms. The fraction of sp³-hybridized carbons (Fsp3) is 0.176. The molecule has 2 aromatic carbocycles. The van der Waals surface area contributed by atoms with Crippen molar-refractivity contribution in [3.8, 4) is 0 Å². The second-order valence-electron chi connectivity index (χ2n) is 5.75. The van der Waals surface area contributed by atoms with Crippen LogP contribution in [0.25, 0.3) is 10.2 Å². The van der Waals surface area contributed by atoms with Gasteiger partial charge in [0.2, 0.25) is 5.13 Å². The van der Waals surface area contributed by atoms with Crippen LogP contribution in [0.15, 0.2) is 41.3 Å². The molecule has 0 saturated heterocycles. The number of benzene rings is 2. The van der Waals surface area contributed by atoms with Crippen molar-refractivity contribution in [2.24, 2.45) is 0 Å². The van der Waals surface area contributed by atoms with Crippen molar-refractivity contribution < 1.29 is 13.2 Å². The van der Waals surface area contributed by atoms with Crippen LogP contribution in [-0.4, -0.2) is 25.6 Å². The largest absolute Gasteiger partial charge is 0.273 e. The standard InChI is InChI=1S/C17H17N3O3S2/c1-10-4-9-14-15(11(10)2)18-17(24-14)20-19-16(21)12-5-7-13(8-6-12)25(3,22)23/h4-9H,1-3H3,(H,18,20)(H,19,21). The highest BCUT2D eigenvalue weighted by Crippen LogP contribution is 2.29. The Morgan fingerprint density at radius 2 is 1.76 bits per heavy atom. The van der Waals surface area contributed by atoms with Gasteiger partial charge < -0.3 is 0 Å². The number of carbonyl (C=O) groups excluding carboxylic acids is 1. The number of hydrogen-bond acceptors (Lipinski definition) is 6. The van der Waals surface area contributed by atoms with E-state index < -0.39 is 9.84 Å². The zero-order chi connectivity index (χ0) is 18.2. The van der Waals surface area contributed by atoms with Crippen molar-refractivity contribution in [2.45, 2.75) is 18.7 Å². The molecule has 1 amide bonds. The molecule has 0 fully saturated rings. The lowest BCUT2D eigenvalue weighted by atomic mass is 10.1. The average molecular weight is 375 g/mol. The van der Waals surface area contributed by atoms with Gasteiger partial charge >= 0.3 is 0 Å². The van der Waals surface area contributed by atoms with Gasteiger partial charge in [0.15, 0.2) is 9.84 Å². The summed E-state index contributed by atoms with van der Waals surface area (Å²) in [7, 11) is -3.28. The van der Waals surface area contributed by atoms with E-state index in [-0.39, 0.29) is 10.8 Å². The van der Waals surface area contributed by atoms with Crippen LogP contribution >= 0.6 is 11.3 Å². The van der Waals surface area contributed by atoms with Crippen molar-refractivity contribution in [1.29, 1.82) is 0 Å². The molecule has 3 aromatic rings. The summed E-state index contributed by atoms with van der Waals surface area (Å²) in [5.41, 5.74) is 8.94. The van der Waals surface area contributed by atoms with Crippen molar-refractivity contribution in [3.63, 3.8) is 0 Å². The van der Waals surface area contributed by atoms with Gasteiger partial charge in [-0.25, -0.2) is 13.4 Å². The highest BCUT2D eigenvalue weighted by atomic mass is 32.2. The Bertz CT molecular complexity index is 1050. The van der Waals surface area contributed by atoms with Gasteiger partial charge in [-0.05, 0) is 55.3 Å². The molecule has 3 rings (SSSR count). The third-order valence-corrected chi connectivity index (χ3v) is 5.98. The summed E-state index contributed by atoms with van der Waals surface area (Å²) in [4.78, 5) is 16.8. The number of hydrazine groups is 1. The van der Waals surface area contributed by atoms with Crippen LogP contribution in [0.2, 0.25) is 0 Å². The number of sulfone groups is 1. The minimum atomic E-state index is -3.28. The summed E-state index contributed by atoms with van der Waals surface area (Å²) in [5, 5.41) is 0.588. The average Bonchev–Trinajstić information content (AvgIpc) is 2.99. The lowest BCUT2D eigenvalue weighted by Crippen LogP contribution is -2.29. The van der Waals surface area contributed by atoms with Gasteiger partial charge in [0, 0.05) is 11.8 Å². The number of fused-ring (bicyclic) bond motifs is 1. The van der Waals surface area contributed by atoms with Gasteiger partial charge in [-0.1, -0.05) is 17.4 Å². The number of carbonyl (C=O) groups is 1. The highest BCUT2D eigenvalue weighted by Gasteiger charge is 2.11. The smallest absolute Gasteiger partial charge is 0.269 e. The lowest BCUT2D eigenvalue weighted by Gasteiger charge is -2.06. The van der Waals surface area contributed by atoms with E-state index in [0.717, 1.165) is 22.0 Å². The van der Waals surface area contributed by atoms with Gasteiger partial charge in [0.1, 0.15) is 0 Å². The molecular weight excluding hydrogens is 358 g/mol. The Kier molecular flexibility index (Phi) is 4.49. The first kappa shape index (κ1) is 17.4. The van der Waals surface area contributed by atoms with Crippen LogP contribution < -0.4 is 10.9 Å². The topological polar surface area (TPSA) is 88.2 Å². The minimum absolute atomic E-state index is 0.175. The van der Waals surface area contributed by atoms with Gasteiger partial charge in [-0.15, -0.1) is 0 Å². The molecule has 2 N–H and O–H groups in total. The van der Waals surface area contributed by atoms with Gasteiger partial charge in [-0.3, -0.25) is 15.6 Å². The van der Waals surface area contributed by atoms with Crippen molar-refractivity contribution in [2.75, 3.05) is 11.7 Å². The molecule has 1 aromatic heterocycles. The van der Waals surface area contributed by atoms with E-state index in [4.69, 9.17) is 0 Å². The summed E-state index contributed by atoms with van der Waals surface area (Å²) in [6, 6.07) is 9.81. The maximum atomic E-state index is 12.2. The maximum Gasteiger partial charge on any atom is 0.269 e. The molecule has 0 bridgehead atoms. The van der Waals surface area contributed by atoms with E-state index in [1.165, 1.54) is 41.2 Å². The number of hydrogen-bond donors (Lipinski definition) is 2. The van der Waals surface area contributed by atoms with Crippen LogP contribution in [-0.2, 0) is 9.84 Å². The minimum Gasteiger partial charge on any atom is -0.273 e. The molecule has 0 aliphatic carbocycles. The summed E-state index contributed by atoms with van der Waals surface area (Å²) >= 11 is 1.45. The van der Waals surface area contributed by atoms with Crippen LogP contribution in [0.1, 0.15) is 21.5 Å². The first-order valence-corrected chi connectivity index (χ1v) is 10.2. The zero-order valence-corrected chi connectivity index (χ0v) is 15.6. The fourth-order valence-electron chi connectivity index (χ4n) is 2.32. The molecular formula is C17H17N3O3S2. The van der Waals surface area contributed by atoms with Crippen LogP contribution in [0.3, 0.4) is 0 Å². The molecule has 0 atom stereocenters. The molecule has 25 heavy (non-hydrogen) atoms. The van der Waals surface area contributed by atoms with E-state index in [2.05, 4.69) is 15.8 Å². The maximum absolute atomic E-state index is 12.2. The predicted octanol–water partition coefficient (Wildman–Crippen LogP) is 3.07. The monoisotopic (exact) mass is 375 g/mol. The Morgan fingerprint density at radius 3 is 2.40 bits per heavy atom. The molecule has 0 saturated carbocycles. The Balaban J connectivity index is 1.73. The number of amides is 1. The van der Waals surface area contributed by atoms with Crippen molar-refractivity contribution in [1.82, 2.24) is 10.4 Å². The molecule has 8 heteroatoms. The third-order valence-electron chi connectivity index (χ3n) is 3.91. The quantitative estimate of drug-likeness (QED) is 0.684. The van der Waals surface area contributed by atoms with Crippen molar-refractivity contribution in [3.05, 3.63) is 53.1 Å². The van der Waals surface area contributed by atoms with Crippen LogP contribution in [0.4, 0.5) is 5.13 Å². The highest BCUT2D eigenvalue weighted by molar-refractivity contribution is 7.90. The summed E-state index contributed by atoms with van der Waals surface area (Å²) < 4.78 is 23.9. The van der Waals surface area contributed by atoms with E-state index >= 15 is 0 Å². The molecule has 1 heterocycles. The number of thiazole rings is 1. The van der Waals surface area contributed by atoms with Crippen LogP contribution in [0.5, 0.6) is 0 Å². The summed E-state index contributed by atoms with van der Waals surface area (Å²) in [6.45, 7) is 4.05. The number of aromatic nitrogens is 1. The predicted molar refractivity (Wildman–Crippen MR) is 99.7 cm³/mol. The van der Waals surface area contributed by atoms with E-state index in [0.29, 0.717) is 10.7 Å². The second-order valence-corrected chi connectivity index (χ2v) is 8.80. The molecule has 0 radical (unpaired) electrons. The summed E-state index contributed by atoms with van der Waals surface area (Å²) in [5.74, 6) is -0.368. The first-order valence-electron chi connectivity index (χ1n) is 7.49. The van der Waals surface area contributed by atoms with E-state index in [1.807, 2.05) is 26.0 Å². The normalized spacial score (nSPS) is 11.5. The molecule has 0 aliphatic heterocycles. The fourth-order valence-corrected chi connectivity index (χ4v) is 3.82. The second kappa shape index (κ2) is 6.45. The zero-order valence-electron chi connectivity index (χ0n) is 14.0. The van der Waals surface area contributed by atoms with Crippen molar-refractivity contribution >= 4 is 42.4 Å². The molecule has 130 valence electrons. The van der Waals surface area contributed by atoms with Gasteiger partial charge in [-0.2, -0.15) is 0 Å². The molecule has 0 unspecified atom stereocenters. The first-order chi connectivity index (χ1) is 11.8. The Hall–Kier alpha value is -2.45. The van der Waals surface area contributed by atoms with E-state index in [1.54, 1.807) is 0 Å². The summed E-state index contributed by atoms with van der Waals surface area (Å²) in [6.07, 6.45) is 1.13. The Labute approximate surface area is 149 Å². The SMILES string of the molecule is Cc1ccc2sc(NNC(=O)c3ccc(S(C)(=O)=O)cc3)nc2c1C. The van der Waals surface area contributed by atoms with Gasteiger partial charge in [0.25, 0.3) is 5.91 Å². The lowest BCUT2D eigenvalue weighted by molar-refractivity contribution is 0.0962. The number of rotatable bonds is 4. The number of anilines is 1. The van der Waals surface area contributed by atoms with Gasteiger partial charge in [0.05, 0.1) is 15.1 Å².